The number of hydrogen-bond acceptors (Lipinski definition) is 6. The quantitative estimate of drug-likeness (QED) is 0.523. The second kappa shape index (κ2) is 11.5. The van der Waals surface area contributed by atoms with Gasteiger partial charge in [-0.2, -0.15) is 18.4 Å². The third-order valence-corrected chi connectivity index (χ3v) is 7.45. The standard InChI is InChI=1S/C29H36F3N3O3/c1-20-14-23(19-34-17-21(2)38-22(3)18-34)4-7-27(20)37-13-10-28(36)8-11-35(12-9-28)25-6-5-24(16-33)26(15-25)29(30,31)32/h4-7,14-15,21-22,36H,8-13,17-19H2,1-3H3/t21-,22+. The van der Waals surface area contributed by atoms with Gasteiger partial charge >= 0.3 is 6.18 Å². The zero-order valence-electron chi connectivity index (χ0n) is 22.2. The molecular formula is C29H36F3N3O3. The topological polar surface area (TPSA) is 69.0 Å². The first-order chi connectivity index (χ1) is 18.0. The summed E-state index contributed by atoms with van der Waals surface area (Å²) in [5, 5.41) is 20.1. The van der Waals surface area contributed by atoms with E-state index in [0.29, 0.717) is 44.6 Å². The zero-order chi connectivity index (χ0) is 27.5. The Bertz CT molecular complexity index is 1150. The van der Waals surface area contributed by atoms with E-state index in [1.807, 2.05) is 17.9 Å². The molecule has 0 amide bonds. The monoisotopic (exact) mass is 531 g/mol. The summed E-state index contributed by atoms with van der Waals surface area (Å²) >= 11 is 0. The maximum atomic E-state index is 13.3. The van der Waals surface area contributed by atoms with Crippen molar-refractivity contribution in [2.75, 3.05) is 37.7 Å². The fourth-order valence-corrected chi connectivity index (χ4v) is 5.49. The second-order valence-electron chi connectivity index (χ2n) is 10.7. The van der Waals surface area contributed by atoms with Gasteiger partial charge in [-0.1, -0.05) is 12.1 Å². The molecule has 0 aliphatic carbocycles. The Balaban J connectivity index is 1.28. The molecule has 4 rings (SSSR count). The van der Waals surface area contributed by atoms with Crippen LogP contribution >= 0.6 is 0 Å². The smallest absolute Gasteiger partial charge is 0.417 e. The summed E-state index contributed by atoms with van der Waals surface area (Å²) in [5.41, 5.74) is 0.417. The van der Waals surface area contributed by atoms with Crippen molar-refractivity contribution in [3.63, 3.8) is 0 Å². The lowest BCUT2D eigenvalue weighted by Crippen LogP contribution is -2.45. The number of aryl methyl sites for hydroxylation is 1. The van der Waals surface area contributed by atoms with Crippen LogP contribution in [0.5, 0.6) is 5.75 Å². The SMILES string of the molecule is Cc1cc(CN2C[C@@H](C)O[C@@H](C)C2)ccc1OCCC1(O)CCN(c2ccc(C#N)c(C(F)(F)F)c2)CC1. The van der Waals surface area contributed by atoms with E-state index in [1.165, 1.54) is 17.7 Å². The Hall–Kier alpha value is -2.80. The van der Waals surface area contributed by atoms with Gasteiger partial charge in [0, 0.05) is 44.8 Å². The lowest BCUT2D eigenvalue weighted by Gasteiger charge is -2.39. The lowest BCUT2D eigenvalue weighted by molar-refractivity contribution is -0.137. The van der Waals surface area contributed by atoms with Crippen LogP contribution in [0.2, 0.25) is 0 Å². The van der Waals surface area contributed by atoms with Crippen LogP contribution in [0, 0.1) is 18.3 Å². The molecule has 0 radical (unpaired) electrons. The number of nitriles is 1. The third-order valence-electron chi connectivity index (χ3n) is 7.45. The maximum absolute atomic E-state index is 13.3. The molecule has 6 nitrogen and oxygen atoms in total. The van der Waals surface area contributed by atoms with E-state index in [9.17, 15) is 18.3 Å². The van der Waals surface area contributed by atoms with Crippen molar-refractivity contribution in [3.8, 4) is 11.8 Å². The van der Waals surface area contributed by atoms with E-state index in [2.05, 4.69) is 30.9 Å². The molecule has 2 fully saturated rings. The number of benzene rings is 2. The summed E-state index contributed by atoms with van der Waals surface area (Å²) in [6.45, 7) is 10.1. The number of piperidine rings is 1. The van der Waals surface area contributed by atoms with Gasteiger partial charge in [0.05, 0.1) is 41.6 Å². The Kier molecular flexibility index (Phi) is 8.55. The molecule has 2 atom stereocenters. The molecule has 0 aromatic heterocycles. The van der Waals surface area contributed by atoms with Gasteiger partial charge < -0.3 is 19.5 Å². The van der Waals surface area contributed by atoms with Crippen LogP contribution in [0.1, 0.15) is 55.4 Å². The molecule has 0 spiro atoms. The normalized spacial score (nSPS) is 22.2. The first-order valence-electron chi connectivity index (χ1n) is 13.1. The minimum Gasteiger partial charge on any atom is -0.493 e. The Labute approximate surface area is 222 Å². The highest BCUT2D eigenvalue weighted by atomic mass is 19.4. The molecular weight excluding hydrogens is 495 g/mol. The largest absolute Gasteiger partial charge is 0.493 e. The first-order valence-corrected chi connectivity index (χ1v) is 13.1. The molecule has 9 heteroatoms. The van der Waals surface area contributed by atoms with E-state index >= 15 is 0 Å². The molecule has 0 bridgehead atoms. The van der Waals surface area contributed by atoms with E-state index in [-0.39, 0.29) is 17.8 Å². The molecule has 2 saturated heterocycles. The van der Waals surface area contributed by atoms with Crippen molar-refractivity contribution in [2.45, 2.75) is 70.6 Å². The van der Waals surface area contributed by atoms with Crippen molar-refractivity contribution < 1.29 is 27.8 Å². The molecule has 2 aliphatic rings. The minimum absolute atomic E-state index is 0.224. The Morgan fingerprint density at radius 2 is 1.79 bits per heavy atom. The van der Waals surface area contributed by atoms with Gasteiger partial charge in [0.2, 0.25) is 0 Å². The van der Waals surface area contributed by atoms with E-state index in [4.69, 9.17) is 14.7 Å². The van der Waals surface area contributed by atoms with E-state index < -0.39 is 17.3 Å². The number of aliphatic hydroxyl groups is 1. The van der Waals surface area contributed by atoms with Crippen molar-refractivity contribution in [1.82, 2.24) is 4.90 Å². The van der Waals surface area contributed by atoms with Crippen LogP contribution in [0.4, 0.5) is 18.9 Å². The van der Waals surface area contributed by atoms with Gasteiger partial charge in [0.1, 0.15) is 5.75 Å². The van der Waals surface area contributed by atoms with Gasteiger partial charge in [-0.05, 0) is 69.0 Å². The van der Waals surface area contributed by atoms with Crippen LogP contribution in [-0.4, -0.2) is 60.6 Å². The summed E-state index contributed by atoms with van der Waals surface area (Å²) in [5.74, 6) is 0.788. The molecule has 0 saturated carbocycles. The van der Waals surface area contributed by atoms with Gasteiger partial charge in [-0.25, -0.2) is 0 Å². The third kappa shape index (κ3) is 6.99. The van der Waals surface area contributed by atoms with Crippen molar-refractivity contribution >= 4 is 5.69 Å². The molecule has 2 aromatic rings. The van der Waals surface area contributed by atoms with E-state index in [0.717, 1.165) is 37.0 Å². The highest BCUT2D eigenvalue weighted by Gasteiger charge is 2.36. The predicted molar refractivity (Wildman–Crippen MR) is 139 cm³/mol. The second-order valence-corrected chi connectivity index (χ2v) is 10.7. The van der Waals surface area contributed by atoms with Gasteiger partial charge in [0.15, 0.2) is 0 Å². The van der Waals surface area contributed by atoms with Crippen LogP contribution in [0.3, 0.4) is 0 Å². The zero-order valence-corrected chi connectivity index (χ0v) is 22.2. The van der Waals surface area contributed by atoms with Gasteiger partial charge in [0.25, 0.3) is 0 Å². The molecule has 2 heterocycles. The maximum Gasteiger partial charge on any atom is 0.417 e. The molecule has 38 heavy (non-hydrogen) atoms. The summed E-state index contributed by atoms with van der Waals surface area (Å²) in [7, 11) is 0. The Morgan fingerprint density at radius 1 is 1.11 bits per heavy atom. The highest BCUT2D eigenvalue weighted by Crippen LogP contribution is 2.36. The number of ether oxygens (including phenoxy) is 2. The predicted octanol–water partition coefficient (Wildman–Crippen LogP) is 5.30. The van der Waals surface area contributed by atoms with Crippen LogP contribution in [0.25, 0.3) is 0 Å². The van der Waals surface area contributed by atoms with Crippen LogP contribution in [-0.2, 0) is 17.5 Å². The number of morpholine rings is 1. The van der Waals surface area contributed by atoms with E-state index in [1.54, 1.807) is 6.07 Å². The fourth-order valence-electron chi connectivity index (χ4n) is 5.49. The summed E-state index contributed by atoms with van der Waals surface area (Å²) < 4.78 is 51.8. The average Bonchev–Trinajstić information content (AvgIpc) is 2.84. The highest BCUT2D eigenvalue weighted by molar-refractivity contribution is 5.55. The van der Waals surface area contributed by atoms with Crippen molar-refractivity contribution in [1.29, 1.82) is 5.26 Å². The molecule has 2 aliphatic heterocycles. The average molecular weight is 532 g/mol. The molecule has 1 N–H and O–H groups in total. The Morgan fingerprint density at radius 3 is 2.39 bits per heavy atom. The van der Waals surface area contributed by atoms with Gasteiger partial charge in [-0.3, -0.25) is 4.90 Å². The van der Waals surface area contributed by atoms with Crippen molar-refractivity contribution in [2.24, 2.45) is 0 Å². The first kappa shape index (κ1) is 28.2. The van der Waals surface area contributed by atoms with Crippen LogP contribution < -0.4 is 9.64 Å². The fraction of sp³-hybridized carbons (Fsp3) is 0.552. The van der Waals surface area contributed by atoms with Gasteiger partial charge in [-0.15, -0.1) is 0 Å². The summed E-state index contributed by atoms with van der Waals surface area (Å²) in [6, 6.07) is 11.6. The number of rotatable bonds is 7. The number of nitrogens with zero attached hydrogens (tertiary/aromatic N) is 3. The lowest BCUT2D eigenvalue weighted by atomic mass is 9.88. The number of anilines is 1. The van der Waals surface area contributed by atoms with Crippen LogP contribution in [0.15, 0.2) is 36.4 Å². The number of halogens is 3. The molecule has 206 valence electrons. The summed E-state index contributed by atoms with van der Waals surface area (Å²) in [6.07, 6.45) is -2.86. The summed E-state index contributed by atoms with van der Waals surface area (Å²) in [4.78, 5) is 4.22. The molecule has 0 unspecified atom stereocenters. The molecule has 2 aromatic carbocycles. The number of alkyl halides is 3. The van der Waals surface area contributed by atoms with Crippen molar-refractivity contribution in [3.05, 3.63) is 58.7 Å². The minimum atomic E-state index is -4.59. The number of hydrogen-bond donors (Lipinski definition) is 1.